The quantitative estimate of drug-likeness (QED) is 0.410. The SMILES string of the molecule is CC(O)C1CN=C(N)N1. The van der Waals surface area contributed by atoms with Gasteiger partial charge in [-0.3, -0.25) is 4.99 Å². The first-order valence-corrected chi connectivity index (χ1v) is 2.94. The zero-order valence-electron chi connectivity index (χ0n) is 5.33. The summed E-state index contributed by atoms with van der Waals surface area (Å²) in [7, 11) is 0. The van der Waals surface area contributed by atoms with Gasteiger partial charge in [0, 0.05) is 0 Å². The third kappa shape index (κ3) is 1.32. The van der Waals surface area contributed by atoms with E-state index in [-0.39, 0.29) is 12.1 Å². The Labute approximate surface area is 53.8 Å². The van der Waals surface area contributed by atoms with Crippen LogP contribution in [-0.4, -0.2) is 29.8 Å². The number of aliphatic imine (C=N–C) groups is 1. The molecule has 1 heterocycles. The number of nitrogens with two attached hydrogens (primary N) is 1. The van der Waals surface area contributed by atoms with Gasteiger partial charge in [0.15, 0.2) is 5.96 Å². The Kier molecular flexibility index (Phi) is 1.57. The maximum absolute atomic E-state index is 8.98. The molecule has 0 radical (unpaired) electrons. The van der Waals surface area contributed by atoms with Gasteiger partial charge in [-0.15, -0.1) is 0 Å². The number of rotatable bonds is 1. The van der Waals surface area contributed by atoms with Crippen LogP contribution in [0.1, 0.15) is 6.92 Å². The number of hydrogen-bond donors (Lipinski definition) is 3. The van der Waals surface area contributed by atoms with E-state index in [1.807, 2.05) is 0 Å². The van der Waals surface area contributed by atoms with Gasteiger partial charge in [-0.1, -0.05) is 0 Å². The lowest BCUT2D eigenvalue weighted by atomic mass is 10.2. The Balaban J connectivity index is 2.37. The zero-order valence-corrected chi connectivity index (χ0v) is 5.33. The van der Waals surface area contributed by atoms with E-state index in [1.165, 1.54) is 0 Å². The van der Waals surface area contributed by atoms with Crippen molar-refractivity contribution >= 4 is 5.96 Å². The van der Waals surface area contributed by atoms with Crippen LogP contribution in [0.3, 0.4) is 0 Å². The Morgan fingerprint density at radius 3 is 2.89 bits per heavy atom. The van der Waals surface area contributed by atoms with Crippen LogP contribution in [0.5, 0.6) is 0 Å². The summed E-state index contributed by atoms with van der Waals surface area (Å²) in [5.74, 6) is 0.431. The van der Waals surface area contributed by atoms with Gasteiger partial charge in [0.1, 0.15) is 0 Å². The van der Waals surface area contributed by atoms with Crippen LogP contribution in [-0.2, 0) is 0 Å². The number of nitrogens with zero attached hydrogens (tertiary/aromatic N) is 1. The van der Waals surface area contributed by atoms with Gasteiger partial charge in [0.05, 0.1) is 18.7 Å². The summed E-state index contributed by atoms with van der Waals surface area (Å²) in [5, 5.41) is 11.8. The summed E-state index contributed by atoms with van der Waals surface area (Å²) in [5.41, 5.74) is 5.29. The Morgan fingerprint density at radius 1 is 2.00 bits per heavy atom. The Bertz CT molecular complexity index is 132. The average molecular weight is 129 g/mol. The molecule has 4 N–H and O–H groups in total. The molecule has 1 rings (SSSR count). The van der Waals surface area contributed by atoms with Crippen molar-refractivity contribution in [2.75, 3.05) is 6.54 Å². The molecule has 52 valence electrons. The van der Waals surface area contributed by atoms with E-state index in [0.717, 1.165) is 0 Å². The molecule has 0 aromatic heterocycles. The fourth-order valence-electron chi connectivity index (χ4n) is 0.751. The first-order valence-electron chi connectivity index (χ1n) is 2.94. The molecule has 2 unspecified atom stereocenters. The fraction of sp³-hybridized carbons (Fsp3) is 0.800. The fourth-order valence-corrected chi connectivity index (χ4v) is 0.751. The van der Waals surface area contributed by atoms with Gasteiger partial charge in [0.25, 0.3) is 0 Å². The average Bonchev–Trinajstić information content (AvgIpc) is 2.14. The molecule has 0 spiro atoms. The van der Waals surface area contributed by atoms with Crippen molar-refractivity contribution in [2.24, 2.45) is 10.7 Å². The van der Waals surface area contributed by atoms with Gasteiger partial charge in [-0.05, 0) is 6.92 Å². The monoisotopic (exact) mass is 129 g/mol. The van der Waals surface area contributed by atoms with Crippen LogP contribution in [0.4, 0.5) is 0 Å². The van der Waals surface area contributed by atoms with Crippen LogP contribution >= 0.6 is 0 Å². The van der Waals surface area contributed by atoms with Gasteiger partial charge in [0.2, 0.25) is 0 Å². The minimum atomic E-state index is -0.380. The van der Waals surface area contributed by atoms with Crippen molar-refractivity contribution in [3.05, 3.63) is 0 Å². The van der Waals surface area contributed by atoms with Crippen LogP contribution in [0, 0.1) is 0 Å². The summed E-state index contributed by atoms with van der Waals surface area (Å²) in [6.45, 7) is 2.30. The largest absolute Gasteiger partial charge is 0.391 e. The molecule has 4 heteroatoms. The van der Waals surface area contributed by atoms with Gasteiger partial charge in [-0.25, -0.2) is 0 Å². The third-order valence-corrected chi connectivity index (χ3v) is 1.37. The maximum atomic E-state index is 8.98. The first-order chi connectivity index (χ1) is 4.20. The highest BCUT2D eigenvalue weighted by molar-refractivity contribution is 5.79. The van der Waals surface area contributed by atoms with Crippen LogP contribution in [0.15, 0.2) is 4.99 Å². The van der Waals surface area contributed by atoms with E-state index in [9.17, 15) is 0 Å². The normalized spacial score (nSPS) is 29.1. The Morgan fingerprint density at radius 2 is 2.67 bits per heavy atom. The van der Waals surface area contributed by atoms with Gasteiger partial charge >= 0.3 is 0 Å². The van der Waals surface area contributed by atoms with E-state index in [0.29, 0.717) is 12.5 Å². The second-order valence-corrected chi connectivity index (χ2v) is 2.22. The molecule has 9 heavy (non-hydrogen) atoms. The molecule has 0 saturated heterocycles. The molecule has 1 aliphatic heterocycles. The summed E-state index contributed by atoms with van der Waals surface area (Å²) >= 11 is 0. The molecule has 0 amide bonds. The second-order valence-electron chi connectivity index (χ2n) is 2.22. The molecule has 1 aliphatic rings. The highest BCUT2D eigenvalue weighted by Crippen LogP contribution is 1.97. The standard InChI is InChI=1S/C5H11N3O/c1-3(9)4-2-7-5(6)8-4/h3-4,9H,2H2,1H3,(H3,6,7,8). The molecular weight excluding hydrogens is 118 g/mol. The summed E-state index contributed by atoms with van der Waals surface area (Å²) in [6.07, 6.45) is -0.380. The number of guanidine groups is 1. The van der Waals surface area contributed by atoms with Crippen LogP contribution in [0.25, 0.3) is 0 Å². The molecule has 0 fully saturated rings. The molecule has 0 aromatic carbocycles. The maximum Gasteiger partial charge on any atom is 0.189 e. The van der Waals surface area contributed by atoms with Crippen molar-refractivity contribution in [1.82, 2.24) is 5.32 Å². The summed E-state index contributed by atoms with van der Waals surface area (Å²) in [4.78, 5) is 3.86. The molecule has 0 aliphatic carbocycles. The lowest BCUT2D eigenvalue weighted by molar-refractivity contribution is 0.161. The molecule has 0 bridgehead atoms. The highest BCUT2D eigenvalue weighted by atomic mass is 16.3. The number of aliphatic hydroxyl groups is 1. The minimum Gasteiger partial charge on any atom is -0.391 e. The molecule has 0 aromatic rings. The molecule has 2 atom stereocenters. The first kappa shape index (κ1) is 6.35. The van der Waals surface area contributed by atoms with Gasteiger partial charge in [-0.2, -0.15) is 0 Å². The van der Waals surface area contributed by atoms with Crippen LogP contribution in [0.2, 0.25) is 0 Å². The van der Waals surface area contributed by atoms with Crippen molar-refractivity contribution in [3.63, 3.8) is 0 Å². The minimum absolute atomic E-state index is 0.0185. The number of hydrogen-bond acceptors (Lipinski definition) is 4. The number of aliphatic hydroxyl groups excluding tert-OH is 1. The Hall–Kier alpha value is -0.770. The highest BCUT2D eigenvalue weighted by Gasteiger charge is 2.19. The van der Waals surface area contributed by atoms with Crippen molar-refractivity contribution < 1.29 is 5.11 Å². The molecule has 0 saturated carbocycles. The molecule has 4 nitrogen and oxygen atoms in total. The smallest absolute Gasteiger partial charge is 0.189 e. The molecular formula is C5H11N3O. The van der Waals surface area contributed by atoms with Crippen molar-refractivity contribution in [1.29, 1.82) is 0 Å². The topological polar surface area (TPSA) is 70.6 Å². The van der Waals surface area contributed by atoms with E-state index in [1.54, 1.807) is 6.92 Å². The van der Waals surface area contributed by atoms with E-state index < -0.39 is 0 Å². The summed E-state index contributed by atoms with van der Waals surface area (Å²) < 4.78 is 0. The van der Waals surface area contributed by atoms with Crippen molar-refractivity contribution in [3.8, 4) is 0 Å². The zero-order chi connectivity index (χ0) is 6.85. The number of nitrogens with one attached hydrogen (secondary N) is 1. The van der Waals surface area contributed by atoms with Crippen molar-refractivity contribution in [2.45, 2.75) is 19.1 Å². The van der Waals surface area contributed by atoms with E-state index in [4.69, 9.17) is 10.8 Å². The van der Waals surface area contributed by atoms with E-state index in [2.05, 4.69) is 10.3 Å². The second kappa shape index (κ2) is 2.23. The predicted octanol–water partition coefficient (Wildman–Crippen LogP) is -1.35. The summed E-state index contributed by atoms with van der Waals surface area (Å²) in [6, 6.07) is 0.0185. The van der Waals surface area contributed by atoms with Crippen LogP contribution < -0.4 is 11.1 Å². The van der Waals surface area contributed by atoms with E-state index >= 15 is 0 Å². The predicted molar refractivity (Wildman–Crippen MR) is 35.1 cm³/mol. The lowest BCUT2D eigenvalue weighted by Gasteiger charge is -2.12. The van der Waals surface area contributed by atoms with Gasteiger partial charge < -0.3 is 16.2 Å². The lowest BCUT2D eigenvalue weighted by Crippen LogP contribution is -2.41. The third-order valence-electron chi connectivity index (χ3n) is 1.37.